The molecule has 6 heteroatoms. The Kier molecular flexibility index (Phi) is 7.19. The van der Waals surface area contributed by atoms with Crippen molar-refractivity contribution in [2.45, 2.75) is 25.7 Å². The molecule has 2 amide bonds. The SMILES string of the molecule is N#CCCCCCNC(=O)Nc1ccc(C(=O)c2ccccc2)cc1N. The summed E-state index contributed by atoms with van der Waals surface area (Å²) in [7, 11) is 0. The van der Waals surface area contributed by atoms with Crippen LogP contribution in [0.4, 0.5) is 16.2 Å². The van der Waals surface area contributed by atoms with E-state index in [1.807, 2.05) is 6.07 Å². The van der Waals surface area contributed by atoms with Gasteiger partial charge in [0.1, 0.15) is 0 Å². The fourth-order valence-corrected chi connectivity index (χ4v) is 2.45. The van der Waals surface area contributed by atoms with E-state index >= 15 is 0 Å². The molecule has 0 spiro atoms. The van der Waals surface area contributed by atoms with Crippen molar-refractivity contribution in [1.29, 1.82) is 5.26 Å². The van der Waals surface area contributed by atoms with Gasteiger partial charge in [-0.05, 0) is 31.0 Å². The molecule has 26 heavy (non-hydrogen) atoms. The molecule has 0 heterocycles. The Hall–Kier alpha value is -3.33. The number of nitrogens with zero attached hydrogens (tertiary/aromatic N) is 1. The third kappa shape index (κ3) is 5.64. The van der Waals surface area contributed by atoms with Gasteiger partial charge in [0.15, 0.2) is 5.78 Å². The number of rotatable bonds is 8. The third-order valence-corrected chi connectivity index (χ3v) is 3.85. The maximum Gasteiger partial charge on any atom is 0.319 e. The number of urea groups is 1. The molecule has 0 aromatic heterocycles. The van der Waals surface area contributed by atoms with Crippen LogP contribution in [0.5, 0.6) is 0 Å². The fourth-order valence-electron chi connectivity index (χ4n) is 2.45. The Bertz CT molecular complexity index is 797. The van der Waals surface area contributed by atoms with Crippen LogP contribution in [0.15, 0.2) is 48.5 Å². The number of ketones is 1. The number of unbranched alkanes of at least 4 members (excludes halogenated alkanes) is 3. The second kappa shape index (κ2) is 9.84. The Balaban J connectivity index is 1.88. The number of amides is 2. The lowest BCUT2D eigenvalue weighted by Gasteiger charge is -2.11. The van der Waals surface area contributed by atoms with Crippen LogP contribution in [-0.2, 0) is 0 Å². The molecule has 0 atom stereocenters. The highest BCUT2D eigenvalue weighted by molar-refractivity contribution is 6.10. The molecule has 0 bridgehead atoms. The molecule has 134 valence electrons. The van der Waals surface area contributed by atoms with Gasteiger partial charge in [0.05, 0.1) is 17.4 Å². The maximum atomic E-state index is 12.4. The normalized spacial score (nSPS) is 9.96. The Morgan fingerprint density at radius 2 is 1.77 bits per heavy atom. The number of nitrogen functional groups attached to an aromatic ring is 1. The van der Waals surface area contributed by atoms with Crippen LogP contribution < -0.4 is 16.4 Å². The van der Waals surface area contributed by atoms with Crippen LogP contribution in [0.1, 0.15) is 41.6 Å². The van der Waals surface area contributed by atoms with Crippen molar-refractivity contribution >= 4 is 23.2 Å². The van der Waals surface area contributed by atoms with Gasteiger partial charge in [-0.3, -0.25) is 4.79 Å². The molecule has 2 rings (SSSR count). The molecule has 0 aliphatic heterocycles. The minimum absolute atomic E-state index is 0.120. The van der Waals surface area contributed by atoms with Gasteiger partial charge in [-0.15, -0.1) is 0 Å². The smallest absolute Gasteiger partial charge is 0.319 e. The maximum absolute atomic E-state index is 12.4. The van der Waals surface area contributed by atoms with Gasteiger partial charge in [0.2, 0.25) is 0 Å². The molecule has 0 fully saturated rings. The van der Waals surface area contributed by atoms with Gasteiger partial charge in [-0.2, -0.15) is 5.26 Å². The number of nitrogens with one attached hydrogen (secondary N) is 2. The van der Waals surface area contributed by atoms with Crippen molar-refractivity contribution in [3.63, 3.8) is 0 Å². The van der Waals surface area contributed by atoms with Gasteiger partial charge < -0.3 is 16.4 Å². The van der Waals surface area contributed by atoms with E-state index in [1.54, 1.807) is 42.5 Å². The predicted octanol–water partition coefficient (Wildman–Crippen LogP) is 3.71. The van der Waals surface area contributed by atoms with E-state index < -0.39 is 0 Å². The number of benzene rings is 2. The van der Waals surface area contributed by atoms with Gasteiger partial charge >= 0.3 is 6.03 Å². The number of carbonyl (C=O) groups is 2. The Morgan fingerprint density at radius 3 is 2.46 bits per heavy atom. The summed E-state index contributed by atoms with van der Waals surface area (Å²) < 4.78 is 0. The minimum Gasteiger partial charge on any atom is -0.397 e. The van der Waals surface area contributed by atoms with Crippen molar-refractivity contribution in [2.24, 2.45) is 0 Å². The number of hydrogen-bond donors (Lipinski definition) is 3. The molecule has 4 N–H and O–H groups in total. The molecule has 0 saturated carbocycles. The topological polar surface area (TPSA) is 108 Å². The quantitative estimate of drug-likeness (QED) is 0.383. The average Bonchev–Trinajstić information content (AvgIpc) is 2.66. The third-order valence-electron chi connectivity index (χ3n) is 3.85. The highest BCUT2D eigenvalue weighted by Gasteiger charge is 2.11. The Labute approximate surface area is 153 Å². The van der Waals surface area contributed by atoms with Crippen LogP contribution >= 0.6 is 0 Å². The van der Waals surface area contributed by atoms with Crippen LogP contribution in [-0.4, -0.2) is 18.4 Å². The zero-order chi connectivity index (χ0) is 18.8. The molecular formula is C20H22N4O2. The van der Waals surface area contributed by atoms with Crippen LogP contribution in [0.3, 0.4) is 0 Å². The van der Waals surface area contributed by atoms with E-state index in [0.29, 0.717) is 35.5 Å². The summed E-state index contributed by atoms with van der Waals surface area (Å²) in [6, 6.07) is 15.5. The molecule has 0 aliphatic rings. The molecule has 6 nitrogen and oxygen atoms in total. The average molecular weight is 350 g/mol. The van der Waals surface area contributed by atoms with Crippen molar-refractivity contribution in [1.82, 2.24) is 5.32 Å². The zero-order valence-corrected chi connectivity index (χ0v) is 14.5. The minimum atomic E-state index is -0.348. The second-order valence-electron chi connectivity index (χ2n) is 5.85. The highest BCUT2D eigenvalue weighted by Crippen LogP contribution is 2.21. The van der Waals surface area contributed by atoms with Crippen LogP contribution in [0.2, 0.25) is 0 Å². The predicted molar refractivity (Wildman–Crippen MR) is 102 cm³/mol. The van der Waals surface area contributed by atoms with Crippen molar-refractivity contribution in [3.8, 4) is 6.07 Å². The first-order valence-electron chi connectivity index (χ1n) is 8.53. The van der Waals surface area contributed by atoms with Crippen molar-refractivity contribution < 1.29 is 9.59 Å². The van der Waals surface area contributed by atoms with E-state index in [2.05, 4.69) is 16.7 Å². The first kappa shape index (κ1) is 19.0. The van der Waals surface area contributed by atoms with Crippen molar-refractivity contribution in [2.75, 3.05) is 17.6 Å². The lowest BCUT2D eigenvalue weighted by atomic mass is 10.0. The second-order valence-corrected chi connectivity index (χ2v) is 5.85. The van der Waals surface area contributed by atoms with E-state index in [1.165, 1.54) is 0 Å². The summed E-state index contributed by atoms with van der Waals surface area (Å²) in [6.07, 6.45) is 3.09. The molecule has 2 aromatic rings. The number of nitriles is 1. The number of anilines is 2. The molecule has 0 radical (unpaired) electrons. The first-order chi connectivity index (χ1) is 12.6. The lowest BCUT2D eigenvalue weighted by Crippen LogP contribution is -2.29. The zero-order valence-electron chi connectivity index (χ0n) is 14.5. The Morgan fingerprint density at radius 1 is 1.00 bits per heavy atom. The summed E-state index contributed by atoms with van der Waals surface area (Å²) in [5.74, 6) is -0.120. The lowest BCUT2D eigenvalue weighted by molar-refractivity contribution is 0.103. The van der Waals surface area contributed by atoms with E-state index in [-0.39, 0.29) is 11.8 Å². The van der Waals surface area contributed by atoms with E-state index in [4.69, 9.17) is 11.0 Å². The van der Waals surface area contributed by atoms with Gasteiger partial charge in [0.25, 0.3) is 0 Å². The summed E-state index contributed by atoms with van der Waals surface area (Å²) in [4.78, 5) is 24.3. The van der Waals surface area contributed by atoms with Crippen LogP contribution in [0, 0.1) is 11.3 Å². The summed E-state index contributed by atoms with van der Waals surface area (Å²) in [5.41, 5.74) is 7.81. The molecule has 0 unspecified atom stereocenters. The fraction of sp³-hybridized carbons (Fsp3) is 0.250. The first-order valence-corrected chi connectivity index (χ1v) is 8.53. The van der Waals surface area contributed by atoms with Crippen LogP contribution in [0.25, 0.3) is 0 Å². The monoisotopic (exact) mass is 350 g/mol. The van der Waals surface area contributed by atoms with Gasteiger partial charge in [0, 0.05) is 24.1 Å². The number of hydrogen-bond acceptors (Lipinski definition) is 4. The van der Waals surface area contributed by atoms with E-state index in [0.717, 1.165) is 19.3 Å². The van der Waals surface area contributed by atoms with Gasteiger partial charge in [-0.1, -0.05) is 36.8 Å². The molecule has 0 saturated heterocycles. The van der Waals surface area contributed by atoms with Crippen molar-refractivity contribution in [3.05, 3.63) is 59.7 Å². The molecular weight excluding hydrogens is 328 g/mol. The number of carbonyl (C=O) groups excluding carboxylic acids is 2. The summed E-state index contributed by atoms with van der Waals surface area (Å²) >= 11 is 0. The molecule has 0 aliphatic carbocycles. The largest absolute Gasteiger partial charge is 0.397 e. The summed E-state index contributed by atoms with van der Waals surface area (Å²) in [5, 5.41) is 13.9. The standard InChI is InChI=1S/C20H22N4O2/c21-12-6-1-2-7-13-23-20(26)24-18-11-10-16(14-17(18)22)19(25)15-8-4-3-5-9-15/h3-5,8-11,14H,1-2,6-7,13,22H2,(H2,23,24,26). The van der Waals surface area contributed by atoms with Gasteiger partial charge in [-0.25, -0.2) is 4.79 Å². The van der Waals surface area contributed by atoms with E-state index in [9.17, 15) is 9.59 Å². The molecule has 2 aromatic carbocycles. The number of nitrogens with two attached hydrogens (primary N) is 1. The summed E-state index contributed by atoms with van der Waals surface area (Å²) in [6.45, 7) is 0.530. The highest BCUT2D eigenvalue weighted by atomic mass is 16.2.